The number of carbonyl (C=O) groups excluding carboxylic acids is 1. The highest BCUT2D eigenvalue weighted by Crippen LogP contribution is 2.36. The lowest BCUT2D eigenvalue weighted by atomic mass is 10.1. The van der Waals surface area contributed by atoms with Crippen molar-refractivity contribution in [2.45, 2.75) is 40.7 Å². The SMILES string of the molecule is CC(=O)N=C1N(c2c(C)cccc2C)CC(CS)N1c1c(C)cccc1C. The van der Waals surface area contributed by atoms with Gasteiger partial charge in [-0.3, -0.25) is 4.79 Å². The third-order valence-corrected chi connectivity index (χ3v) is 5.49. The Morgan fingerprint density at radius 1 is 1.00 bits per heavy atom. The van der Waals surface area contributed by atoms with E-state index in [9.17, 15) is 4.79 Å². The topological polar surface area (TPSA) is 35.9 Å². The Balaban J connectivity index is 2.23. The minimum Gasteiger partial charge on any atom is -0.309 e. The minimum absolute atomic E-state index is 0.130. The molecule has 5 heteroatoms. The molecule has 4 nitrogen and oxygen atoms in total. The number of guanidine groups is 1. The normalized spacial score (nSPS) is 18.4. The fourth-order valence-electron chi connectivity index (χ4n) is 3.95. The molecule has 1 saturated heterocycles. The number of carbonyl (C=O) groups is 1. The van der Waals surface area contributed by atoms with Crippen LogP contribution < -0.4 is 9.80 Å². The predicted molar refractivity (Wildman–Crippen MR) is 117 cm³/mol. The van der Waals surface area contributed by atoms with Crippen LogP contribution in [0.3, 0.4) is 0 Å². The second-order valence-corrected chi connectivity index (χ2v) is 7.59. The number of hydrogen-bond donors (Lipinski definition) is 1. The smallest absolute Gasteiger partial charge is 0.245 e. The molecule has 1 unspecified atom stereocenters. The van der Waals surface area contributed by atoms with E-state index in [-0.39, 0.29) is 11.9 Å². The van der Waals surface area contributed by atoms with Gasteiger partial charge in [0.25, 0.3) is 0 Å². The largest absolute Gasteiger partial charge is 0.309 e. The van der Waals surface area contributed by atoms with Crippen LogP contribution in [0, 0.1) is 27.7 Å². The zero-order chi connectivity index (χ0) is 19.7. The van der Waals surface area contributed by atoms with Crippen molar-refractivity contribution in [3.63, 3.8) is 0 Å². The molecule has 3 rings (SSSR count). The maximum Gasteiger partial charge on any atom is 0.245 e. The molecular weight excluding hydrogens is 354 g/mol. The van der Waals surface area contributed by atoms with Crippen LogP contribution in [0.1, 0.15) is 29.2 Å². The number of amides is 1. The van der Waals surface area contributed by atoms with Gasteiger partial charge in [0.05, 0.1) is 11.7 Å². The van der Waals surface area contributed by atoms with Gasteiger partial charge in [-0.25, -0.2) is 0 Å². The molecule has 1 aliphatic heterocycles. The average molecular weight is 382 g/mol. The van der Waals surface area contributed by atoms with Gasteiger partial charge in [-0.15, -0.1) is 0 Å². The summed E-state index contributed by atoms with van der Waals surface area (Å²) >= 11 is 4.62. The van der Waals surface area contributed by atoms with Gasteiger partial charge in [-0.1, -0.05) is 36.4 Å². The van der Waals surface area contributed by atoms with Gasteiger partial charge < -0.3 is 9.80 Å². The second-order valence-electron chi connectivity index (χ2n) is 7.23. The fraction of sp³-hybridized carbons (Fsp3) is 0.364. The molecule has 2 aromatic rings. The molecule has 0 saturated carbocycles. The van der Waals surface area contributed by atoms with E-state index in [4.69, 9.17) is 0 Å². The van der Waals surface area contributed by atoms with E-state index in [1.165, 1.54) is 29.2 Å². The van der Waals surface area contributed by atoms with Crippen molar-refractivity contribution in [1.29, 1.82) is 0 Å². The third kappa shape index (κ3) is 3.61. The Labute approximate surface area is 167 Å². The molecule has 2 aromatic carbocycles. The zero-order valence-electron chi connectivity index (χ0n) is 16.7. The summed E-state index contributed by atoms with van der Waals surface area (Å²) < 4.78 is 0. The highest BCUT2D eigenvalue weighted by molar-refractivity contribution is 7.80. The summed E-state index contributed by atoms with van der Waals surface area (Å²) in [6.45, 7) is 10.7. The zero-order valence-corrected chi connectivity index (χ0v) is 17.5. The van der Waals surface area contributed by atoms with Crippen LogP contribution in [-0.2, 0) is 4.79 Å². The number of hydrogen-bond acceptors (Lipinski definition) is 2. The molecular formula is C22H27N3OS. The van der Waals surface area contributed by atoms with Crippen LogP contribution in [0.5, 0.6) is 0 Å². The van der Waals surface area contributed by atoms with Gasteiger partial charge in [-0.2, -0.15) is 17.6 Å². The monoisotopic (exact) mass is 381 g/mol. The molecule has 142 valence electrons. The molecule has 27 heavy (non-hydrogen) atoms. The summed E-state index contributed by atoms with van der Waals surface area (Å²) in [5.41, 5.74) is 6.92. The first kappa shape index (κ1) is 19.5. The van der Waals surface area contributed by atoms with Crippen LogP contribution in [0.25, 0.3) is 0 Å². The number of aryl methyl sites for hydroxylation is 4. The van der Waals surface area contributed by atoms with Crippen molar-refractivity contribution in [3.05, 3.63) is 58.7 Å². The van der Waals surface area contributed by atoms with E-state index in [2.05, 4.69) is 91.5 Å². The van der Waals surface area contributed by atoms with E-state index in [0.29, 0.717) is 11.7 Å². The number of anilines is 2. The van der Waals surface area contributed by atoms with Gasteiger partial charge in [0.2, 0.25) is 11.9 Å². The number of nitrogens with zero attached hydrogens (tertiary/aromatic N) is 3. The van der Waals surface area contributed by atoms with Gasteiger partial charge in [0.15, 0.2) is 0 Å². The molecule has 0 N–H and O–H groups in total. The summed E-state index contributed by atoms with van der Waals surface area (Å²) in [7, 11) is 0. The molecule has 0 aromatic heterocycles. The Bertz CT molecular complexity index is 866. The maximum atomic E-state index is 12.0. The lowest BCUT2D eigenvalue weighted by molar-refractivity contribution is -0.115. The summed E-state index contributed by atoms with van der Waals surface area (Å²) in [4.78, 5) is 20.9. The Morgan fingerprint density at radius 3 is 1.93 bits per heavy atom. The quantitative estimate of drug-likeness (QED) is 0.798. The summed E-state index contributed by atoms with van der Waals surface area (Å²) in [6.07, 6.45) is 0. The molecule has 0 aliphatic carbocycles. The van der Waals surface area contributed by atoms with Crippen molar-refractivity contribution in [2.24, 2.45) is 4.99 Å². The number of benzene rings is 2. The number of para-hydroxylation sites is 2. The van der Waals surface area contributed by atoms with Gasteiger partial charge in [0.1, 0.15) is 0 Å². The van der Waals surface area contributed by atoms with Crippen molar-refractivity contribution in [3.8, 4) is 0 Å². The van der Waals surface area contributed by atoms with Crippen LogP contribution in [0.15, 0.2) is 41.4 Å². The van der Waals surface area contributed by atoms with Crippen LogP contribution in [-0.4, -0.2) is 30.2 Å². The van der Waals surface area contributed by atoms with E-state index in [1.54, 1.807) is 0 Å². The highest BCUT2D eigenvalue weighted by Gasteiger charge is 2.39. The standard InChI is InChI=1S/C22H27N3OS/c1-14-8-6-9-15(2)20(14)24-12-19(13-27)25(22(24)23-18(5)26)21-16(3)10-7-11-17(21)4/h6-11,19,27H,12-13H2,1-5H3. The third-order valence-electron chi connectivity index (χ3n) is 5.07. The van der Waals surface area contributed by atoms with Crippen LogP contribution in [0.2, 0.25) is 0 Å². The van der Waals surface area contributed by atoms with Gasteiger partial charge in [-0.05, 0) is 49.9 Å². The van der Waals surface area contributed by atoms with Crippen molar-refractivity contribution in [1.82, 2.24) is 0 Å². The lowest BCUT2D eigenvalue weighted by Gasteiger charge is -2.29. The van der Waals surface area contributed by atoms with E-state index < -0.39 is 0 Å². The number of thiol groups is 1. The minimum atomic E-state index is -0.197. The molecule has 0 bridgehead atoms. The van der Waals surface area contributed by atoms with E-state index in [1.807, 2.05) is 0 Å². The molecule has 1 aliphatic rings. The summed E-state index contributed by atoms with van der Waals surface area (Å²) in [6, 6.07) is 12.7. The predicted octanol–water partition coefficient (Wildman–Crippen LogP) is 4.45. The first-order valence-corrected chi connectivity index (χ1v) is 9.87. The van der Waals surface area contributed by atoms with Crippen LogP contribution in [0.4, 0.5) is 11.4 Å². The van der Waals surface area contributed by atoms with E-state index in [0.717, 1.165) is 17.9 Å². The second kappa shape index (κ2) is 7.77. The lowest BCUT2D eigenvalue weighted by Crippen LogP contribution is -2.39. The van der Waals surface area contributed by atoms with Crippen LogP contribution >= 0.6 is 12.6 Å². The average Bonchev–Trinajstić information content (AvgIpc) is 2.92. The molecule has 1 heterocycles. The summed E-state index contributed by atoms with van der Waals surface area (Å²) in [5, 5.41) is 0. The first-order chi connectivity index (χ1) is 12.8. The molecule has 1 atom stereocenters. The molecule has 0 radical (unpaired) electrons. The molecule has 1 amide bonds. The first-order valence-electron chi connectivity index (χ1n) is 9.24. The van der Waals surface area contributed by atoms with Gasteiger partial charge in [0, 0.05) is 24.9 Å². The molecule has 1 fully saturated rings. The molecule has 0 spiro atoms. The number of rotatable bonds is 3. The number of aliphatic imine (C=N–C) groups is 1. The van der Waals surface area contributed by atoms with Crippen molar-refractivity contribution in [2.75, 3.05) is 22.1 Å². The van der Waals surface area contributed by atoms with Gasteiger partial charge >= 0.3 is 0 Å². The maximum absolute atomic E-state index is 12.0. The Kier molecular flexibility index (Phi) is 5.61. The summed E-state index contributed by atoms with van der Waals surface area (Å²) in [5.74, 6) is 1.17. The Hall–Kier alpha value is -2.27. The van der Waals surface area contributed by atoms with Crippen molar-refractivity contribution >= 4 is 35.9 Å². The highest BCUT2D eigenvalue weighted by atomic mass is 32.1. The van der Waals surface area contributed by atoms with Crippen molar-refractivity contribution < 1.29 is 4.79 Å². The Morgan fingerprint density at radius 2 is 1.48 bits per heavy atom. The fourth-order valence-corrected chi connectivity index (χ4v) is 4.23. The van der Waals surface area contributed by atoms with E-state index >= 15 is 0 Å².